The van der Waals surface area contributed by atoms with Crippen molar-refractivity contribution in [3.63, 3.8) is 0 Å². The molecule has 0 aliphatic carbocycles. The molecule has 0 fully saturated rings. The number of carbonyl (C=O) groups excluding carboxylic acids is 2. The van der Waals surface area contributed by atoms with Crippen LogP contribution in [0.25, 0.3) is 16.5 Å². The van der Waals surface area contributed by atoms with Gasteiger partial charge in [-0.1, -0.05) is 57.2 Å². The van der Waals surface area contributed by atoms with Crippen molar-refractivity contribution < 1.29 is 18.7 Å². The van der Waals surface area contributed by atoms with Crippen LogP contribution in [-0.2, 0) is 14.9 Å². The number of hydrogen-bond acceptors (Lipinski definition) is 3. The molecule has 0 aliphatic heterocycles. The van der Waals surface area contributed by atoms with Crippen molar-refractivity contribution >= 4 is 28.2 Å². The van der Waals surface area contributed by atoms with Crippen molar-refractivity contribution in [2.45, 2.75) is 59.0 Å². The minimum atomic E-state index is -0.573. The van der Waals surface area contributed by atoms with Crippen molar-refractivity contribution in [3.8, 4) is 0 Å². The summed E-state index contributed by atoms with van der Waals surface area (Å²) in [6.45, 7) is 9.91. The van der Waals surface area contributed by atoms with Gasteiger partial charge in [0.1, 0.15) is 5.82 Å². The summed E-state index contributed by atoms with van der Waals surface area (Å²) in [5, 5.41) is 1.03. The number of esters is 1. The highest BCUT2D eigenvalue weighted by Gasteiger charge is 2.30. The van der Waals surface area contributed by atoms with E-state index >= 15 is 0 Å². The molecule has 3 rings (SSSR count). The van der Waals surface area contributed by atoms with Gasteiger partial charge in [-0.15, -0.1) is 0 Å². The highest BCUT2D eigenvalue weighted by atomic mass is 19.1. The minimum Gasteiger partial charge on any atom is -0.459 e. The molecule has 0 bridgehead atoms. The second kappa shape index (κ2) is 9.51. The number of benzene rings is 2. The number of ether oxygens (including phenoxy) is 1. The summed E-state index contributed by atoms with van der Waals surface area (Å²) in [6.07, 6.45) is 1.97. The lowest BCUT2D eigenvalue weighted by Crippen LogP contribution is -2.20. The Morgan fingerprint density at radius 1 is 1.09 bits per heavy atom. The van der Waals surface area contributed by atoms with Crippen LogP contribution in [0.1, 0.15) is 69.1 Å². The number of carbonyl (C=O) groups is 2. The molecule has 0 amide bonds. The largest absolute Gasteiger partial charge is 0.459 e. The molecule has 1 heterocycles. The smallest absolute Gasteiger partial charge is 0.340 e. The Labute approximate surface area is 188 Å². The zero-order valence-corrected chi connectivity index (χ0v) is 19.3. The molecule has 3 aromatic rings. The van der Waals surface area contributed by atoms with E-state index in [9.17, 15) is 14.0 Å². The summed E-state index contributed by atoms with van der Waals surface area (Å²) in [6, 6.07) is 13.7. The Hall–Kier alpha value is -3.21. The molecule has 32 heavy (non-hydrogen) atoms. The Balaban J connectivity index is 2.15. The van der Waals surface area contributed by atoms with E-state index in [4.69, 9.17) is 4.74 Å². The number of H-pyrrole nitrogens is 1. The van der Waals surface area contributed by atoms with Crippen molar-refractivity contribution in [1.29, 1.82) is 0 Å². The van der Waals surface area contributed by atoms with Gasteiger partial charge in [-0.25, -0.2) is 9.18 Å². The van der Waals surface area contributed by atoms with Crippen LogP contribution in [0.15, 0.2) is 54.6 Å². The van der Waals surface area contributed by atoms with E-state index < -0.39 is 17.6 Å². The van der Waals surface area contributed by atoms with Gasteiger partial charge in [-0.05, 0) is 49.4 Å². The first-order chi connectivity index (χ1) is 15.2. The van der Waals surface area contributed by atoms with Gasteiger partial charge in [-0.3, -0.25) is 4.79 Å². The van der Waals surface area contributed by atoms with Gasteiger partial charge >= 0.3 is 5.97 Å². The third-order valence-electron chi connectivity index (χ3n) is 5.76. The normalized spacial score (nSPS) is 12.4. The molecular formula is C27H30FNO3. The summed E-state index contributed by atoms with van der Waals surface area (Å²) in [4.78, 5) is 29.2. The summed E-state index contributed by atoms with van der Waals surface area (Å²) >= 11 is 0. The Morgan fingerprint density at radius 3 is 2.41 bits per heavy atom. The molecule has 0 spiro atoms. The first-order valence-corrected chi connectivity index (χ1v) is 11.0. The second-order valence-corrected chi connectivity index (χ2v) is 8.84. The third kappa shape index (κ3) is 4.82. The number of hydrogen-bond donors (Lipinski definition) is 1. The number of allylic oxidation sites excluding steroid dienone is 1. The molecule has 0 unspecified atom stereocenters. The summed E-state index contributed by atoms with van der Waals surface area (Å²) in [5.41, 5.74) is 2.61. The predicted octanol–water partition coefficient (Wildman–Crippen LogP) is 6.60. The molecule has 5 heteroatoms. The molecule has 168 valence electrons. The van der Waals surface area contributed by atoms with Crippen LogP contribution in [0, 0.1) is 5.82 Å². The van der Waals surface area contributed by atoms with Crippen LogP contribution >= 0.6 is 0 Å². The zero-order chi connectivity index (χ0) is 23.5. The number of rotatable bonds is 8. The van der Waals surface area contributed by atoms with Gasteiger partial charge in [0.25, 0.3) is 0 Å². The van der Waals surface area contributed by atoms with Crippen molar-refractivity contribution in [3.05, 3.63) is 77.2 Å². The van der Waals surface area contributed by atoms with Crippen LogP contribution < -0.4 is 0 Å². The average molecular weight is 436 g/mol. The molecule has 0 radical (unpaired) electrons. The molecule has 0 saturated heterocycles. The lowest BCUT2D eigenvalue weighted by atomic mass is 9.79. The minimum absolute atomic E-state index is 0.00563. The summed E-state index contributed by atoms with van der Waals surface area (Å²) < 4.78 is 19.6. The number of ketones is 1. The molecular weight excluding hydrogens is 405 g/mol. The Bertz CT molecular complexity index is 1170. The number of aromatic amines is 1. The molecule has 1 N–H and O–H groups in total. The quantitative estimate of drug-likeness (QED) is 0.246. The van der Waals surface area contributed by atoms with Gasteiger partial charge in [0.05, 0.1) is 22.9 Å². The Kier molecular flexibility index (Phi) is 6.97. The van der Waals surface area contributed by atoms with E-state index in [0.717, 1.165) is 22.9 Å². The third-order valence-corrected chi connectivity index (χ3v) is 5.76. The zero-order valence-electron chi connectivity index (χ0n) is 19.3. The number of nitrogens with one attached hydrogen (secondary N) is 1. The molecule has 4 nitrogen and oxygen atoms in total. The number of para-hydroxylation sites is 1. The maximum absolute atomic E-state index is 14.1. The number of halogens is 1. The van der Waals surface area contributed by atoms with E-state index in [-0.39, 0.29) is 29.1 Å². The molecule has 0 saturated carbocycles. The maximum Gasteiger partial charge on any atom is 0.340 e. The van der Waals surface area contributed by atoms with Gasteiger partial charge in [0.2, 0.25) is 0 Å². The van der Waals surface area contributed by atoms with Gasteiger partial charge in [-0.2, -0.15) is 0 Å². The monoisotopic (exact) mass is 435 g/mol. The Morgan fingerprint density at radius 2 is 1.75 bits per heavy atom. The SMILES string of the molecule is CCC(C)(C)c1c(/C(=C\CC(=O)c2ccccc2F)C(=O)OC(C)C)[nH]c2ccccc12. The van der Waals surface area contributed by atoms with Crippen LogP contribution in [0.2, 0.25) is 0 Å². The van der Waals surface area contributed by atoms with E-state index in [1.165, 1.54) is 18.2 Å². The maximum atomic E-state index is 14.1. The van der Waals surface area contributed by atoms with Crippen molar-refractivity contribution in [1.82, 2.24) is 4.98 Å². The van der Waals surface area contributed by atoms with Crippen molar-refractivity contribution in [2.24, 2.45) is 0 Å². The van der Waals surface area contributed by atoms with Gasteiger partial charge in [0.15, 0.2) is 5.78 Å². The van der Waals surface area contributed by atoms with E-state index in [0.29, 0.717) is 5.69 Å². The number of aromatic nitrogens is 1. The fourth-order valence-corrected chi connectivity index (χ4v) is 3.78. The second-order valence-electron chi connectivity index (χ2n) is 8.84. The van der Waals surface area contributed by atoms with E-state index in [2.05, 4.69) is 25.8 Å². The molecule has 1 aromatic heterocycles. The van der Waals surface area contributed by atoms with Crippen molar-refractivity contribution in [2.75, 3.05) is 0 Å². The summed E-state index contributed by atoms with van der Waals surface area (Å²) in [7, 11) is 0. The highest BCUT2D eigenvalue weighted by Crippen LogP contribution is 2.39. The predicted molar refractivity (Wildman–Crippen MR) is 126 cm³/mol. The number of fused-ring (bicyclic) bond motifs is 1. The topological polar surface area (TPSA) is 59.2 Å². The van der Waals surface area contributed by atoms with Crippen LogP contribution in [-0.4, -0.2) is 22.8 Å². The number of Topliss-reactive ketones (excluding diaryl/α,β-unsaturated/α-hetero) is 1. The lowest BCUT2D eigenvalue weighted by Gasteiger charge is -2.25. The first-order valence-electron chi connectivity index (χ1n) is 11.0. The van der Waals surface area contributed by atoms with E-state index in [1.54, 1.807) is 26.0 Å². The van der Waals surface area contributed by atoms with Crippen LogP contribution in [0.4, 0.5) is 4.39 Å². The lowest BCUT2D eigenvalue weighted by molar-refractivity contribution is -0.140. The van der Waals surface area contributed by atoms with E-state index in [1.807, 2.05) is 24.3 Å². The molecule has 2 aromatic carbocycles. The van der Waals surface area contributed by atoms with Gasteiger partial charge in [0, 0.05) is 17.3 Å². The standard InChI is InChI=1S/C27H30FNO3/c1-6-27(4,5)24-19-12-8-10-14-22(19)29-25(24)20(26(31)32-17(2)3)15-16-23(30)18-11-7-9-13-21(18)28/h7-15,17,29H,6,16H2,1-5H3/b20-15+. The highest BCUT2D eigenvalue weighted by molar-refractivity contribution is 6.18. The average Bonchev–Trinajstić information content (AvgIpc) is 3.13. The molecule has 0 aliphatic rings. The van der Waals surface area contributed by atoms with Crippen LogP contribution in [0.3, 0.4) is 0 Å². The van der Waals surface area contributed by atoms with Crippen LogP contribution in [0.5, 0.6) is 0 Å². The van der Waals surface area contributed by atoms with Gasteiger partial charge < -0.3 is 9.72 Å². The fraction of sp³-hybridized carbons (Fsp3) is 0.333. The summed E-state index contributed by atoms with van der Waals surface area (Å²) in [5.74, 6) is -1.48. The first kappa shape index (κ1) is 23.5. The fourth-order valence-electron chi connectivity index (χ4n) is 3.78. The molecule has 0 atom stereocenters.